The van der Waals surface area contributed by atoms with Crippen LogP contribution in [0.2, 0.25) is 0 Å². The van der Waals surface area contributed by atoms with E-state index in [0.29, 0.717) is 11.3 Å². The summed E-state index contributed by atoms with van der Waals surface area (Å²) in [5, 5.41) is 0. The first-order chi connectivity index (χ1) is 6.66. The average Bonchev–Trinajstić information content (AvgIpc) is 2.20. The summed E-state index contributed by atoms with van der Waals surface area (Å²) in [4.78, 5) is 11.0. The third-order valence-corrected chi connectivity index (χ3v) is 1.95. The van der Waals surface area contributed by atoms with Crippen molar-refractivity contribution in [1.29, 1.82) is 0 Å². The average molecular weight is 191 g/mol. The number of ether oxygens (including phenoxy) is 1. The first-order valence-electron chi connectivity index (χ1n) is 4.27. The van der Waals surface area contributed by atoms with Gasteiger partial charge in [-0.3, -0.25) is 4.79 Å². The molecule has 0 atom stereocenters. The minimum atomic E-state index is -0.467. The first-order valence-corrected chi connectivity index (χ1v) is 4.27. The van der Waals surface area contributed by atoms with Gasteiger partial charge in [-0.05, 0) is 6.92 Å². The van der Waals surface area contributed by atoms with Crippen molar-refractivity contribution in [2.75, 3.05) is 7.11 Å². The molecule has 0 aromatic heterocycles. The minimum absolute atomic E-state index is 0.429. The summed E-state index contributed by atoms with van der Waals surface area (Å²) in [5.41, 5.74) is 6.46. The highest BCUT2D eigenvalue weighted by molar-refractivity contribution is 5.98. The Balaban J connectivity index is 3.17. The number of primary amides is 1. The van der Waals surface area contributed by atoms with Crippen LogP contribution in [0.1, 0.15) is 12.5 Å². The molecule has 0 bridgehead atoms. The highest BCUT2D eigenvalue weighted by Crippen LogP contribution is 2.18. The second-order valence-electron chi connectivity index (χ2n) is 2.89. The molecule has 0 aliphatic heterocycles. The lowest BCUT2D eigenvalue weighted by Crippen LogP contribution is -2.14. The molecule has 1 aromatic rings. The van der Waals surface area contributed by atoms with Crippen LogP contribution in [0, 0.1) is 0 Å². The molecule has 1 rings (SSSR count). The molecule has 3 nitrogen and oxygen atoms in total. The Morgan fingerprint density at radius 1 is 1.29 bits per heavy atom. The quantitative estimate of drug-likeness (QED) is 0.582. The molecule has 0 fully saturated rings. The van der Waals surface area contributed by atoms with E-state index in [1.54, 1.807) is 6.92 Å². The standard InChI is InChI=1S/C11H13NO2/c1-8(11(12)13)10(14-2)9-6-4-3-5-7-9/h3-7H,1-2H3,(H2,12,13)/b10-8+. The molecule has 0 unspecified atom stereocenters. The lowest BCUT2D eigenvalue weighted by Gasteiger charge is -2.08. The van der Waals surface area contributed by atoms with Crippen LogP contribution in [-0.2, 0) is 9.53 Å². The second kappa shape index (κ2) is 4.46. The lowest BCUT2D eigenvalue weighted by molar-refractivity contribution is -0.114. The largest absolute Gasteiger partial charge is 0.496 e. The molecule has 0 aliphatic carbocycles. The van der Waals surface area contributed by atoms with Gasteiger partial charge in [-0.2, -0.15) is 0 Å². The van der Waals surface area contributed by atoms with Crippen molar-refractivity contribution in [3.8, 4) is 0 Å². The SMILES string of the molecule is CO/C(=C(\C)C(N)=O)c1ccccc1. The minimum Gasteiger partial charge on any atom is -0.496 e. The molecule has 0 saturated heterocycles. The smallest absolute Gasteiger partial charge is 0.248 e. The van der Waals surface area contributed by atoms with Crippen LogP contribution in [-0.4, -0.2) is 13.0 Å². The van der Waals surface area contributed by atoms with Gasteiger partial charge in [0.15, 0.2) is 0 Å². The maximum absolute atomic E-state index is 11.0. The predicted octanol–water partition coefficient (Wildman–Crippen LogP) is 1.55. The van der Waals surface area contributed by atoms with Gasteiger partial charge in [-0.25, -0.2) is 0 Å². The maximum Gasteiger partial charge on any atom is 0.248 e. The predicted molar refractivity (Wildman–Crippen MR) is 55.2 cm³/mol. The molecular formula is C11H13NO2. The number of hydrogen-bond donors (Lipinski definition) is 1. The van der Waals surface area contributed by atoms with Crippen molar-refractivity contribution in [2.24, 2.45) is 5.73 Å². The molecule has 2 N–H and O–H groups in total. The Kier molecular flexibility index (Phi) is 3.29. The molecule has 0 aliphatic rings. The maximum atomic E-state index is 11.0. The molecule has 3 heteroatoms. The van der Waals surface area contributed by atoms with E-state index in [1.807, 2.05) is 30.3 Å². The number of nitrogens with two attached hydrogens (primary N) is 1. The highest BCUT2D eigenvalue weighted by atomic mass is 16.5. The monoisotopic (exact) mass is 191 g/mol. The van der Waals surface area contributed by atoms with Crippen LogP contribution >= 0.6 is 0 Å². The van der Waals surface area contributed by atoms with E-state index in [2.05, 4.69) is 0 Å². The van der Waals surface area contributed by atoms with Gasteiger partial charge in [0.1, 0.15) is 5.76 Å². The number of carbonyl (C=O) groups is 1. The molecule has 0 saturated carbocycles. The van der Waals surface area contributed by atoms with Crippen molar-refractivity contribution >= 4 is 11.7 Å². The number of benzene rings is 1. The van der Waals surface area contributed by atoms with E-state index < -0.39 is 5.91 Å². The van der Waals surface area contributed by atoms with Gasteiger partial charge in [0.05, 0.1) is 12.7 Å². The zero-order valence-electron chi connectivity index (χ0n) is 8.28. The molecule has 14 heavy (non-hydrogen) atoms. The molecule has 0 spiro atoms. The first kappa shape index (κ1) is 10.3. The molecule has 74 valence electrons. The van der Waals surface area contributed by atoms with Crippen LogP contribution in [0.15, 0.2) is 35.9 Å². The molecule has 1 amide bonds. The Morgan fingerprint density at radius 3 is 2.29 bits per heavy atom. The molecule has 1 aromatic carbocycles. The van der Waals surface area contributed by atoms with Gasteiger partial charge in [0.25, 0.3) is 0 Å². The van der Waals surface area contributed by atoms with Crippen LogP contribution in [0.5, 0.6) is 0 Å². The summed E-state index contributed by atoms with van der Waals surface area (Å²) in [6, 6.07) is 9.39. The number of rotatable bonds is 3. The Hall–Kier alpha value is -1.77. The number of carbonyl (C=O) groups excluding carboxylic acids is 1. The fourth-order valence-corrected chi connectivity index (χ4v) is 1.19. The van der Waals surface area contributed by atoms with Crippen molar-refractivity contribution in [3.05, 3.63) is 41.5 Å². The normalized spacial score (nSPS) is 11.9. The van der Waals surface area contributed by atoms with E-state index >= 15 is 0 Å². The van der Waals surface area contributed by atoms with Crippen molar-refractivity contribution in [2.45, 2.75) is 6.92 Å². The number of methoxy groups -OCH3 is 1. The topological polar surface area (TPSA) is 52.3 Å². The summed E-state index contributed by atoms with van der Waals surface area (Å²) in [7, 11) is 1.52. The van der Waals surface area contributed by atoms with E-state index in [4.69, 9.17) is 10.5 Å². The van der Waals surface area contributed by atoms with E-state index in [0.717, 1.165) is 5.56 Å². The van der Waals surface area contributed by atoms with Crippen molar-refractivity contribution < 1.29 is 9.53 Å². The van der Waals surface area contributed by atoms with Crippen LogP contribution in [0.25, 0.3) is 5.76 Å². The Labute approximate surface area is 83.2 Å². The lowest BCUT2D eigenvalue weighted by atomic mass is 10.1. The van der Waals surface area contributed by atoms with Gasteiger partial charge in [0, 0.05) is 5.56 Å². The Bertz CT molecular complexity index is 355. The van der Waals surface area contributed by atoms with E-state index in [-0.39, 0.29) is 0 Å². The van der Waals surface area contributed by atoms with E-state index in [1.165, 1.54) is 7.11 Å². The van der Waals surface area contributed by atoms with Gasteiger partial charge >= 0.3 is 0 Å². The van der Waals surface area contributed by atoms with E-state index in [9.17, 15) is 4.79 Å². The zero-order valence-corrected chi connectivity index (χ0v) is 8.28. The van der Waals surface area contributed by atoms with Gasteiger partial charge in [-0.15, -0.1) is 0 Å². The van der Waals surface area contributed by atoms with Gasteiger partial charge in [-0.1, -0.05) is 30.3 Å². The number of hydrogen-bond acceptors (Lipinski definition) is 2. The highest BCUT2D eigenvalue weighted by Gasteiger charge is 2.09. The molecule has 0 radical (unpaired) electrons. The fraction of sp³-hybridized carbons (Fsp3) is 0.182. The van der Waals surface area contributed by atoms with Crippen LogP contribution in [0.3, 0.4) is 0 Å². The molecular weight excluding hydrogens is 178 g/mol. The summed E-state index contributed by atoms with van der Waals surface area (Å²) in [6.07, 6.45) is 0. The van der Waals surface area contributed by atoms with Crippen LogP contribution < -0.4 is 5.73 Å². The summed E-state index contributed by atoms with van der Waals surface area (Å²) in [6.45, 7) is 1.65. The summed E-state index contributed by atoms with van der Waals surface area (Å²) in [5.74, 6) is 0.0591. The van der Waals surface area contributed by atoms with Crippen molar-refractivity contribution in [3.63, 3.8) is 0 Å². The third-order valence-electron chi connectivity index (χ3n) is 1.95. The van der Waals surface area contributed by atoms with Crippen LogP contribution in [0.4, 0.5) is 0 Å². The van der Waals surface area contributed by atoms with Gasteiger partial charge in [0.2, 0.25) is 5.91 Å². The third kappa shape index (κ3) is 2.13. The second-order valence-corrected chi connectivity index (χ2v) is 2.89. The molecule has 0 heterocycles. The summed E-state index contributed by atoms with van der Waals surface area (Å²) >= 11 is 0. The summed E-state index contributed by atoms with van der Waals surface area (Å²) < 4.78 is 5.14. The number of amides is 1. The fourth-order valence-electron chi connectivity index (χ4n) is 1.19. The van der Waals surface area contributed by atoms with Crippen molar-refractivity contribution in [1.82, 2.24) is 0 Å². The Morgan fingerprint density at radius 2 is 1.86 bits per heavy atom. The van der Waals surface area contributed by atoms with Gasteiger partial charge < -0.3 is 10.5 Å². The zero-order chi connectivity index (χ0) is 10.6.